The monoisotopic (exact) mass is 452 g/mol. The van der Waals surface area contributed by atoms with E-state index in [0.717, 1.165) is 14.7 Å². The average Bonchev–Trinajstić information content (AvgIpc) is 2.64. The van der Waals surface area contributed by atoms with Gasteiger partial charge in [0.25, 0.3) is 0 Å². The lowest BCUT2D eigenvalue weighted by Gasteiger charge is -2.19. The van der Waals surface area contributed by atoms with Crippen molar-refractivity contribution < 1.29 is 14.7 Å². The Morgan fingerprint density at radius 2 is 1.80 bits per heavy atom. The molecular formula is C19H21IN2O3. The second-order valence-corrected chi connectivity index (χ2v) is 6.97. The van der Waals surface area contributed by atoms with Crippen LogP contribution in [0.5, 0.6) is 0 Å². The van der Waals surface area contributed by atoms with Gasteiger partial charge in [0.1, 0.15) is 6.04 Å². The van der Waals surface area contributed by atoms with Gasteiger partial charge in [0, 0.05) is 10.1 Å². The number of hydrogen-bond acceptors (Lipinski definition) is 3. The zero-order valence-corrected chi connectivity index (χ0v) is 16.1. The van der Waals surface area contributed by atoms with Crippen molar-refractivity contribution in [3.63, 3.8) is 0 Å². The maximum atomic E-state index is 12.3. The highest BCUT2D eigenvalue weighted by Crippen LogP contribution is 2.14. The Kier molecular flexibility index (Phi) is 7.39. The van der Waals surface area contributed by atoms with Gasteiger partial charge in [0.05, 0.1) is 12.5 Å². The largest absolute Gasteiger partial charge is 0.394 e. The fourth-order valence-corrected chi connectivity index (χ4v) is 2.95. The molecule has 0 heterocycles. The summed E-state index contributed by atoms with van der Waals surface area (Å²) in [5.41, 5.74) is 1.82. The van der Waals surface area contributed by atoms with Gasteiger partial charge in [-0.2, -0.15) is 0 Å². The molecule has 132 valence electrons. The first kappa shape index (κ1) is 19.4. The maximum absolute atomic E-state index is 12.3. The molecule has 2 aromatic rings. The number of benzene rings is 2. The second kappa shape index (κ2) is 9.53. The lowest BCUT2D eigenvalue weighted by Crippen LogP contribution is -2.49. The first-order valence-electron chi connectivity index (χ1n) is 7.99. The molecule has 0 aliphatic rings. The van der Waals surface area contributed by atoms with Gasteiger partial charge in [0.15, 0.2) is 0 Å². The van der Waals surface area contributed by atoms with Gasteiger partial charge < -0.3 is 15.7 Å². The Balaban J connectivity index is 1.92. The molecule has 5 nitrogen and oxygen atoms in total. The van der Waals surface area contributed by atoms with Crippen molar-refractivity contribution in [2.75, 3.05) is 6.61 Å². The summed E-state index contributed by atoms with van der Waals surface area (Å²) in [6.07, 6.45) is 0. The predicted molar refractivity (Wildman–Crippen MR) is 105 cm³/mol. The standard InChI is InChI=1S/C19H21IN2O3/c1-13(15-7-3-2-4-8-15)18(24)22-17(12-23)19(25)21-11-14-6-5-9-16(20)10-14/h2-10,13,17,23H,11-12H2,1H3,(H,21,25)(H,22,24). The Bertz CT molecular complexity index is 722. The van der Waals surface area contributed by atoms with Crippen LogP contribution in [0.1, 0.15) is 24.0 Å². The van der Waals surface area contributed by atoms with Crippen LogP contribution in [0.2, 0.25) is 0 Å². The number of nitrogens with one attached hydrogen (secondary N) is 2. The molecule has 2 amide bonds. The van der Waals surface area contributed by atoms with Gasteiger partial charge in [-0.15, -0.1) is 0 Å². The van der Waals surface area contributed by atoms with Crippen molar-refractivity contribution >= 4 is 34.4 Å². The molecule has 2 unspecified atom stereocenters. The molecule has 25 heavy (non-hydrogen) atoms. The molecule has 0 spiro atoms. The van der Waals surface area contributed by atoms with Crippen molar-refractivity contribution in [1.29, 1.82) is 0 Å². The minimum absolute atomic E-state index is 0.297. The summed E-state index contributed by atoms with van der Waals surface area (Å²) in [4.78, 5) is 24.6. The van der Waals surface area contributed by atoms with E-state index in [9.17, 15) is 14.7 Å². The third kappa shape index (κ3) is 5.82. The number of rotatable bonds is 7. The first-order chi connectivity index (χ1) is 12.0. The van der Waals surface area contributed by atoms with Crippen LogP contribution >= 0.6 is 22.6 Å². The summed E-state index contributed by atoms with van der Waals surface area (Å²) in [6.45, 7) is 1.66. The quantitative estimate of drug-likeness (QED) is 0.564. The average molecular weight is 452 g/mol. The summed E-state index contributed by atoms with van der Waals surface area (Å²) < 4.78 is 1.08. The van der Waals surface area contributed by atoms with Crippen LogP contribution in [0.4, 0.5) is 0 Å². The molecule has 2 aromatic carbocycles. The Hall–Kier alpha value is -1.93. The molecule has 0 saturated heterocycles. The van der Waals surface area contributed by atoms with E-state index in [1.807, 2.05) is 54.6 Å². The lowest BCUT2D eigenvalue weighted by molar-refractivity contribution is -0.130. The normalized spacial score (nSPS) is 12.9. The molecule has 0 radical (unpaired) electrons. The van der Waals surface area contributed by atoms with Crippen molar-refractivity contribution in [1.82, 2.24) is 10.6 Å². The lowest BCUT2D eigenvalue weighted by atomic mass is 10.00. The van der Waals surface area contributed by atoms with Gasteiger partial charge in [-0.3, -0.25) is 9.59 Å². The number of carbonyl (C=O) groups is 2. The molecule has 6 heteroatoms. The number of aliphatic hydroxyl groups is 1. The van der Waals surface area contributed by atoms with E-state index in [-0.39, 0.29) is 5.91 Å². The van der Waals surface area contributed by atoms with Gasteiger partial charge >= 0.3 is 0 Å². The molecule has 2 atom stereocenters. The van der Waals surface area contributed by atoms with Crippen LogP contribution in [-0.2, 0) is 16.1 Å². The van der Waals surface area contributed by atoms with Crippen molar-refractivity contribution in [3.8, 4) is 0 Å². The minimum atomic E-state index is -0.971. The van der Waals surface area contributed by atoms with Crippen LogP contribution in [0.25, 0.3) is 0 Å². The van der Waals surface area contributed by atoms with Crippen LogP contribution in [0.15, 0.2) is 54.6 Å². The van der Waals surface area contributed by atoms with Crippen LogP contribution < -0.4 is 10.6 Å². The fraction of sp³-hybridized carbons (Fsp3) is 0.263. The highest BCUT2D eigenvalue weighted by atomic mass is 127. The molecule has 0 aromatic heterocycles. The van der Waals surface area contributed by atoms with E-state index in [4.69, 9.17) is 0 Å². The van der Waals surface area contributed by atoms with Crippen LogP contribution in [-0.4, -0.2) is 29.6 Å². The fourth-order valence-electron chi connectivity index (χ4n) is 2.34. The topological polar surface area (TPSA) is 78.4 Å². The van der Waals surface area contributed by atoms with Crippen LogP contribution in [0, 0.1) is 3.57 Å². The SMILES string of the molecule is CC(C(=O)NC(CO)C(=O)NCc1cccc(I)c1)c1ccccc1. The molecule has 0 aliphatic carbocycles. The van der Waals surface area contributed by atoms with E-state index in [2.05, 4.69) is 33.2 Å². The van der Waals surface area contributed by atoms with Gasteiger partial charge in [-0.05, 0) is 52.8 Å². The predicted octanol–water partition coefficient (Wildman–Crippen LogP) is 2.19. The van der Waals surface area contributed by atoms with E-state index in [0.29, 0.717) is 6.54 Å². The Morgan fingerprint density at radius 1 is 1.08 bits per heavy atom. The zero-order chi connectivity index (χ0) is 18.2. The summed E-state index contributed by atoms with van der Waals surface area (Å²) in [5.74, 6) is -1.11. The van der Waals surface area contributed by atoms with E-state index < -0.39 is 24.5 Å². The maximum Gasteiger partial charge on any atom is 0.245 e. The van der Waals surface area contributed by atoms with Crippen molar-refractivity contribution in [3.05, 3.63) is 69.3 Å². The van der Waals surface area contributed by atoms with Crippen LogP contribution in [0.3, 0.4) is 0 Å². The number of carbonyl (C=O) groups excluding carboxylic acids is 2. The number of aliphatic hydroxyl groups excluding tert-OH is 1. The molecule has 0 fully saturated rings. The highest BCUT2D eigenvalue weighted by molar-refractivity contribution is 14.1. The third-order valence-electron chi connectivity index (χ3n) is 3.86. The molecule has 0 bridgehead atoms. The minimum Gasteiger partial charge on any atom is -0.394 e. The van der Waals surface area contributed by atoms with Gasteiger partial charge in [-0.25, -0.2) is 0 Å². The summed E-state index contributed by atoms with van der Waals surface area (Å²) in [6, 6.07) is 16.1. The smallest absolute Gasteiger partial charge is 0.245 e. The number of halogens is 1. The summed E-state index contributed by atoms with van der Waals surface area (Å²) in [7, 11) is 0. The van der Waals surface area contributed by atoms with Crippen molar-refractivity contribution in [2.24, 2.45) is 0 Å². The second-order valence-electron chi connectivity index (χ2n) is 5.72. The molecule has 3 N–H and O–H groups in total. The molecule has 0 saturated carbocycles. The van der Waals surface area contributed by atoms with Crippen molar-refractivity contribution in [2.45, 2.75) is 25.4 Å². The van der Waals surface area contributed by atoms with Gasteiger partial charge in [0.2, 0.25) is 11.8 Å². The third-order valence-corrected chi connectivity index (χ3v) is 4.54. The van der Waals surface area contributed by atoms with E-state index >= 15 is 0 Å². The molecular weight excluding hydrogens is 431 g/mol. The molecule has 0 aliphatic heterocycles. The first-order valence-corrected chi connectivity index (χ1v) is 9.07. The van der Waals surface area contributed by atoms with Gasteiger partial charge in [-0.1, -0.05) is 42.5 Å². The van der Waals surface area contributed by atoms with E-state index in [1.54, 1.807) is 6.92 Å². The number of hydrogen-bond donors (Lipinski definition) is 3. The zero-order valence-electron chi connectivity index (χ0n) is 13.9. The summed E-state index contributed by atoms with van der Waals surface area (Å²) in [5, 5.41) is 14.8. The number of amides is 2. The Morgan fingerprint density at radius 3 is 2.44 bits per heavy atom. The molecule has 2 rings (SSSR count). The summed E-state index contributed by atoms with van der Waals surface area (Å²) >= 11 is 2.20. The highest BCUT2D eigenvalue weighted by Gasteiger charge is 2.23. The van der Waals surface area contributed by atoms with E-state index in [1.165, 1.54) is 0 Å². The Labute approximate surface area is 161 Å².